The molecule has 0 radical (unpaired) electrons. The summed E-state index contributed by atoms with van der Waals surface area (Å²) in [5, 5.41) is 0. The number of carbonyl (C=O) groups is 2. The Morgan fingerprint density at radius 3 is 2.48 bits per heavy atom. The fraction of sp³-hybridized carbons (Fsp3) is 0.857. The van der Waals surface area contributed by atoms with Crippen molar-refractivity contribution in [2.24, 2.45) is 11.7 Å². The molecule has 0 aromatic rings. The van der Waals surface area contributed by atoms with Crippen LogP contribution in [0.25, 0.3) is 0 Å². The summed E-state index contributed by atoms with van der Waals surface area (Å²) >= 11 is 0. The maximum atomic E-state index is 12.5. The normalized spacial score (nSPS) is 19.7. The zero-order chi connectivity index (χ0) is 16.9. The highest BCUT2D eigenvalue weighted by Gasteiger charge is 2.36. The average molecular weight is 360 g/mol. The number of carbonyl (C=O) groups excluding carboxylic acids is 2. The van der Waals surface area contributed by atoms with Crippen LogP contribution in [0.3, 0.4) is 0 Å². The van der Waals surface area contributed by atoms with E-state index in [0.29, 0.717) is 19.4 Å². The highest BCUT2D eigenvalue weighted by Crippen LogP contribution is 2.22. The summed E-state index contributed by atoms with van der Waals surface area (Å²) in [6.45, 7) is 2.70. The van der Waals surface area contributed by atoms with Gasteiger partial charge in [0.05, 0.1) is 5.92 Å². The molecule has 0 saturated carbocycles. The van der Waals surface area contributed by atoms with E-state index in [0.717, 1.165) is 4.90 Å². The number of halogens is 4. The average Bonchev–Trinajstić information content (AvgIpc) is 2.42. The zero-order valence-electron chi connectivity index (χ0n) is 13.4. The molecule has 0 aromatic carbocycles. The van der Waals surface area contributed by atoms with E-state index in [-0.39, 0.29) is 43.9 Å². The van der Waals surface area contributed by atoms with Crippen LogP contribution in [0.15, 0.2) is 0 Å². The maximum absolute atomic E-state index is 12.5. The first-order valence-corrected chi connectivity index (χ1v) is 7.53. The zero-order valence-corrected chi connectivity index (χ0v) is 14.3. The van der Waals surface area contributed by atoms with E-state index < -0.39 is 24.5 Å². The van der Waals surface area contributed by atoms with Crippen LogP contribution < -0.4 is 5.73 Å². The standard InChI is InChI=1S/C14H24F3N3O2.ClH/c1-3-19(9-14(15,16)17)13(22)11-5-4-6-20(8-11)12(21)7-10(2)18;/h10-11H,3-9,18H2,1-2H3;1H. The molecule has 1 saturated heterocycles. The van der Waals surface area contributed by atoms with Crippen molar-refractivity contribution in [3.8, 4) is 0 Å². The summed E-state index contributed by atoms with van der Waals surface area (Å²) < 4.78 is 37.5. The first-order chi connectivity index (χ1) is 10.1. The van der Waals surface area contributed by atoms with Crippen molar-refractivity contribution in [2.45, 2.75) is 45.3 Å². The third-order valence-corrected chi connectivity index (χ3v) is 3.68. The fourth-order valence-electron chi connectivity index (χ4n) is 2.63. The van der Waals surface area contributed by atoms with Gasteiger partial charge in [0.25, 0.3) is 0 Å². The van der Waals surface area contributed by atoms with Gasteiger partial charge in [-0.1, -0.05) is 0 Å². The van der Waals surface area contributed by atoms with E-state index in [4.69, 9.17) is 5.73 Å². The van der Waals surface area contributed by atoms with E-state index in [9.17, 15) is 22.8 Å². The van der Waals surface area contributed by atoms with Crippen LogP contribution in [0.5, 0.6) is 0 Å². The molecule has 5 nitrogen and oxygen atoms in total. The molecule has 1 aliphatic rings. The second-order valence-corrected chi connectivity index (χ2v) is 5.83. The molecular weight excluding hydrogens is 335 g/mol. The first-order valence-electron chi connectivity index (χ1n) is 7.53. The van der Waals surface area contributed by atoms with Gasteiger partial charge in [-0.2, -0.15) is 13.2 Å². The lowest BCUT2D eigenvalue weighted by Crippen LogP contribution is -2.49. The molecule has 0 spiro atoms. The molecular formula is C14H25ClF3N3O2. The van der Waals surface area contributed by atoms with Crippen molar-refractivity contribution < 1.29 is 22.8 Å². The summed E-state index contributed by atoms with van der Waals surface area (Å²) in [7, 11) is 0. The van der Waals surface area contributed by atoms with Crippen LogP contribution >= 0.6 is 12.4 Å². The predicted octanol–water partition coefficient (Wildman–Crippen LogP) is 1.79. The van der Waals surface area contributed by atoms with Crippen LogP contribution in [0.4, 0.5) is 13.2 Å². The van der Waals surface area contributed by atoms with Gasteiger partial charge in [0, 0.05) is 32.1 Å². The van der Waals surface area contributed by atoms with Gasteiger partial charge < -0.3 is 15.5 Å². The number of hydrogen-bond donors (Lipinski definition) is 1. The van der Waals surface area contributed by atoms with Crippen molar-refractivity contribution in [2.75, 3.05) is 26.2 Å². The van der Waals surface area contributed by atoms with Gasteiger partial charge in [-0.3, -0.25) is 9.59 Å². The maximum Gasteiger partial charge on any atom is 0.406 e. The lowest BCUT2D eigenvalue weighted by molar-refractivity contribution is -0.164. The molecule has 2 atom stereocenters. The van der Waals surface area contributed by atoms with E-state index >= 15 is 0 Å². The molecule has 2 unspecified atom stereocenters. The largest absolute Gasteiger partial charge is 0.406 e. The van der Waals surface area contributed by atoms with Crippen LogP contribution in [0.1, 0.15) is 33.1 Å². The van der Waals surface area contributed by atoms with Gasteiger partial charge in [-0.25, -0.2) is 0 Å². The number of nitrogens with two attached hydrogens (primary N) is 1. The molecule has 1 aliphatic heterocycles. The highest BCUT2D eigenvalue weighted by molar-refractivity contribution is 5.85. The van der Waals surface area contributed by atoms with Crippen molar-refractivity contribution in [3.63, 3.8) is 0 Å². The summed E-state index contributed by atoms with van der Waals surface area (Å²) in [4.78, 5) is 26.6. The predicted molar refractivity (Wildman–Crippen MR) is 83.1 cm³/mol. The van der Waals surface area contributed by atoms with Gasteiger partial charge in [0.15, 0.2) is 0 Å². The van der Waals surface area contributed by atoms with E-state index in [1.54, 1.807) is 6.92 Å². The Morgan fingerprint density at radius 2 is 2.00 bits per heavy atom. The monoisotopic (exact) mass is 359 g/mol. The fourth-order valence-corrected chi connectivity index (χ4v) is 2.63. The Hall–Kier alpha value is -1.02. The lowest BCUT2D eigenvalue weighted by Gasteiger charge is -2.35. The second-order valence-electron chi connectivity index (χ2n) is 5.83. The van der Waals surface area contributed by atoms with Crippen molar-refractivity contribution in [1.82, 2.24) is 9.80 Å². The number of amides is 2. The number of piperidine rings is 1. The number of rotatable bonds is 5. The molecule has 1 rings (SSSR count). The minimum Gasteiger partial charge on any atom is -0.342 e. The molecule has 0 aliphatic carbocycles. The molecule has 0 aromatic heterocycles. The van der Waals surface area contributed by atoms with Gasteiger partial charge in [-0.15, -0.1) is 12.4 Å². The third kappa shape index (κ3) is 7.39. The minimum absolute atomic E-state index is 0. The highest BCUT2D eigenvalue weighted by atomic mass is 35.5. The number of alkyl halides is 3. The van der Waals surface area contributed by atoms with E-state index in [1.165, 1.54) is 11.8 Å². The van der Waals surface area contributed by atoms with Gasteiger partial charge >= 0.3 is 6.18 Å². The summed E-state index contributed by atoms with van der Waals surface area (Å²) in [6.07, 6.45) is -3.11. The van der Waals surface area contributed by atoms with E-state index in [2.05, 4.69) is 0 Å². The molecule has 2 N–H and O–H groups in total. The SMILES string of the molecule is CCN(CC(F)(F)F)C(=O)C1CCCN(C(=O)CC(C)N)C1.Cl. The Labute approximate surface area is 140 Å². The third-order valence-electron chi connectivity index (χ3n) is 3.68. The van der Waals surface area contributed by atoms with Crippen LogP contribution in [0, 0.1) is 5.92 Å². The Kier molecular flexibility index (Phi) is 8.90. The second kappa shape index (κ2) is 9.32. The molecule has 9 heteroatoms. The Morgan fingerprint density at radius 1 is 1.39 bits per heavy atom. The van der Waals surface area contributed by atoms with Crippen LogP contribution in [0.2, 0.25) is 0 Å². The van der Waals surface area contributed by atoms with Crippen molar-refractivity contribution in [1.29, 1.82) is 0 Å². The summed E-state index contributed by atoms with van der Waals surface area (Å²) in [5.74, 6) is -1.24. The molecule has 136 valence electrons. The molecule has 1 heterocycles. The van der Waals surface area contributed by atoms with Crippen LogP contribution in [-0.2, 0) is 9.59 Å². The number of hydrogen-bond acceptors (Lipinski definition) is 3. The molecule has 2 amide bonds. The topological polar surface area (TPSA) is 66.6 Å². The summed E-state index contributed by atoms with van der Waals surface area (Å²) in [5.41, 5.74) is 5.59. The van der Waals surface area contributed by atoms with Crippen molar-refractivity contribution >= 4 is 24.2 Å². The van der Waals surface area contributed by atoms with Gasteiger partial charge in [0.2, 0.25) is 11.8 Å². The van der Waals surface area contributed by atoms with E-state index in [1.807, 2.05) is 0 Å². The molecule has 0 bridgehead atoms. The summed E-state index contributed by atoms with van der Waals surface area (Å²) in [6, 6.07) is -0.277. The Bertz CT molecular complexity index is 405. The number of likely N-dealkylation sites (tertiary alicyclic amines) is 1. The van der Waals surface area contributed by atoms with Gasteiger partial charge in [0.1, 0.15) is 6.54 Å². The number of nitrogens with zero attached hydrogens (tertiary/aromatic N) is 2. The van der Waals surface area contributed by atoms with Crippen LogP contribution in [-0.4, -0.2) is 60.0 Å². The van der Waals surface area contributed by atoms with Crippen molar-refractivity contribution in [3.05, 3.63) is 0 Å². The Balaban J connectivity index is 0.00000484. The lowest BCUT2D eigenvalue weighted by atomic mass is 9.96. The van der Waals surface area contributed by atoms with Gasteiger partial charge in [-0.05, 0) is 26.7 Å². The first kappa shape index (κ1) is 22.0. The quantitative estimate of drug-likeness (QED) is 0.814. The minimum atomic E-state index is -4.41. The smallest absolute Gasteiger partial charge is 0.342 e. The molecule has 1 fully saturated rings. The molecule has 23 heavy (non-hydrogen) atoms.